The molecule has 3 nitrogen and oxygen atoms in total. The topological polar surface area (TPSA) is 54.4 Å². The molecule has 3 saturated carbocycles. The van der Waals surface area contributed by atoms with Gasteiger partial charge in [-0.1, -0.05) is 57.9 Å². The fraction of sp³-hybridized carbons (Fsp3) is 0.800. The molecule has 0 amide bonds. The predicted octanol–water partition coefficient (Wildman–Crippen LogP) is 7.61. The lowest BCUT2D eigenvalue weighted by molar-refractivity contribution is -0.149. The van der Waals surface area contributed by atoms with Gasteiger partial charge in [-0.15, -0.1) is 0 Å². The van der Waals surface area contributed by atoms with Gasteiger partial charge in [0.05, 0.1) is 5.92 Å². The summed E-state index contributed by atoms with van der Waals surface area (Å²) < 4.78 is 0. The largest absolute Gasteiger partial charge is 0.481 e. The summed E-state index contributed by atoms with van der Waals surface area (Å²) in [5.41, 5.74) is 2.94. The van der Waals surface area contributed by atoms with Gasteiger partial charge in [-0.3, -0.25) is 9.59 Å². The van der Waals surface area contributed by atoms with E-state index in [1.54, 1.807) is 5.57 Å². The van der Waals surface area contributed by atoms with Gasteiger partial charge >= 0.3 is 5.97 Å². The molecule has 0 aromatic carbocycles. The lowest BCUT2D eigenvalue weighted by Crippen LogP contribution is -2.57. The maximum atomic E-state index is 12.8. The van der Waals surface area contributed by atoms with Crippen molar-refractivity contribution in [1.29, 1.82) is 0 Å². The van der Waals surface area contributed by atoms with Crippen molar-refractivity contribution in [3.05, 3.63) is 23.3 Å². The molecule has 0 heterocycles. The van der Waals surface area contributed by atoms with Gasteiger partial charge in [0.1, 0.15) is 5.78 Å². The monoisotopic (exact) mass is 454 g/mol. The summed E-state index contributed by atoms with van der Waals surface area (Å²) in [6, 6.07) is 0. The maximum absolute atomic E-state index is 12.8. The summed E-state index contributed by atoms with van der Waals surface area (Å²) in [5.74, 6) is 0.766. The number of fused-ring (bicyclic) bond motifs is 5. The number of hydrogen-bond acceptors (Lipinski definition) is 2. The number of hydrogen-bond donors (Lipinski definition) is 1. The van der Waals surface area contributed by atoms with Crippen LogP contribution in [0.15, 0.2) is 23.3 Å². The van der Waals surface area contributed by atoms with Crippen LogP contribution in [0.4, 0.5) is 0 Å². The van der Waals surface area contributed by atoms with Gasteiger partial charge in [-0.05, 0) is 99.2 Å². The minimum absolute atomic E-state index is 0.0343. The molecule has 4 aliphatic rings. The molecule has 0 aromatic heterocycles. The second-order valence-electron chi connectivity index (χ2n) is 13.4. The third kappa shape index (κ3) is 3.50. The van der Waals surface area contributed by atoms with Crippen molar-refractivity contribution in [2.45, 2.75) is 106 Å². The van der Waals surface area contributed by atoms with Gasteiger partial charge in [0.2, 0.25) is 0 Å². The van der Waals surface area contributed by atoms with E-state index in [9.17, 15) is 14.7 Å². The molecule has 0 spiro atoms. The molecule has 184 valence electrons. The number of ketones is 1. The predicted molar refractivity (Wildman–Crippen MR) is 134 cm³/mol. The van der Waals surface area contributed by atoms with Gasteiger partial charge in [0.25, 0.3) is 0 Å². The fourth-order valence-electron chi connectivity index (χ4n) is 9.25. The number of aliphatic carboxylic acids is 1. The molecule has 0 aliphatic heterocycles. The standard InChI is InChI=1S/C30H46O3/c1-19(2)9-8-10-20(26(32)33)21-13-17-30(7)23-11-12-24-27(3,4)25(31)15-16-28(24,5)22(23)14-18-29(21,30)6/h9,11,20-22,24H,8,10,12-18H2,1-7H3,(H,32,33)/t20-,21+,22-,24-,28+,29-,30+/m0/s1. The van der Waals surface area contributed by atoms with E-state index in [0.717, 1.165) is 51.4 Å². The first kappa shape index (κ1) is 24.7. The van der Waals surface area contributed by atoms with Gasteiger partial charge < -0.3 is 5.11 Å². The Morgan fingerprint density at radius 2 is 1.82 bits per heavy atom. The van der Waals surface area contributed by atoms with E-state index in [1.165, 1.54) is 5.57 Å². The Morgan fingerprint density at radius 1 is 1.12 bits per heavy atom. The summed E-state index contributed by atoms with van der Waals surface area (Å²) in [7, 11) is 0. The maximum Gasteiger partial charge on any atom is 0.306 e. The van der Waals surface area contributed by atoms with Crippen LogP contribution in [0.3, 0.4) is 0 Å². The van der Waals surface area contributed by atoms with Crippen LogP contribution in [0, 0.1) is 45.3 Å². The Bertz CT molecular complexity index is 890. The molecule has 0 saturated heterocycles. The van der Waals surface area contributed by atoms with Crippen LogP contribution in [0.5, 0.6) is 0 Å². The highest BCUT2D eigenvalue weighted by molar-refractivity contribution is 5.85. The molecule has 1 N–H and O–H groups in total. The minimum atomic E-state index is -0.605. The molecule has 0 unspecified atom stereocenters. The first-order valence-electron chi connectivity index (χ1n) is 13.4. The van der Waals surface area contributed by atoms with Crippen LogP contribution in [-0.2, 0) is 9.59 Å². The highest BCUT2D eigenvalue weighted by Gasteiger charge is 2.66. The summed E-state index contributed by atoms with van der Waals surface area (Å²) in [6.07, 6.45) is 13.4. The van der Waals surface area contributed by atoms with Gasteiger partial charge in [-0.25, -0.2) is 0 Å². The molecule has 33 heavy (non-hydrogen) atoms. The molecule has 3 fully saturated rings. The molecule has 0 bridgehead atoms. The number of allylic oxidation sites excluding steroid dienone is 4. The number of carboxylic acid groups (broad SMARTS) is 1. The molecular weight excluding hydrogens is 408 g/mol. The Morgan fingerprint density at radius 3 is 2.45 bits per heavy atom. The van der Waals surface area contributed by atoms with Crippen LogP contribution in [0.2, 0.25) is 0 Å². The summed E-state index contributed by atoms with van der Waals surface area (Å²) in [6.45, 7) is 15.9. The third-order valence-corrected chi connectivity index (χ3v) is 11.5. The number of carbonyl (C=O) groups is 2. The van der Waals surface area contributed by atoms with Crippen molar-refractivity contribution in [3.63, 3.8) is 0 Å². The van der Waals surface area contributed by atoms with Crippen molar-refractivity contribution >= 4 is 11.8 Å². The number of carbonyl (C=O) groups excluding carboxylic acids is 1. The first-order chi connectivity index (χ1) is 15.3. The van der Waals surface area contributed by atoms with Gasteiger partial charge in [-0.2, -0.15) is 0 Å². The normalized spacial score (nSPS) is 42.5. The van der Waals surface area contributed by atoms with E-state index in [0.29, 0.717) is 24.0 Å². The smallest absolute Gasteiger partial charge is 0.306 e. The van der Waals surface area contributed by atoms with Crippen LogP contribution < -0.4 is 0 Å². The van der Waals surface area contributed by atoms with Crippen molar-refractivity contribution < 1.29 is 14.7 Å². The minimum Gasteiger partial charge on any atom is -0.481 e. The first-order valence-corrected chi connectivity index (χ1v) is 13.4. The average Bonchev–Trinajstić information content (AvgIpc) is 3.00. The zero-order chi connectivity index (χ0) is 24.4. The van der Waals surface area contributed by atoms with Crippen LogP contribution in [-0.4, -0.2) is 16.9 Å². The summed E-state index contributed by atoms with van der Waals surface area (Å²) in [5, 5.41) is 10.2. The second-order valence-corrected chi connectivity index (χ2v) is 13.4. The molecule has 7 atom stereocenters. The number of rotatable bonds is 5. The van der Waals surface area contributed by atoms with Crippen molar-refractivity contribution in [2.24, 2.45) is 45.3 Å². The Hall–Kier alpha value is -1.38. The molecule has 4 rings (SSSR count). The Kier molecular flexibility index (Phi) is 6.07. The molecule has 3 heteroatoms. The molecular formula is C30H46O3. The Balaban J connectivity index is 1.67. The SMILES string of the molecule is CC(C)=CCC[C@H](C(=O)O)[C@H]1CC[C@]2(C)C3=CC[C@H]4C(C)(C)C(=O)CC[C@]4(C)[C@H]3CC[C@@]12C. The van der Waals surface area contributed by atoms with Gasteiger partial charge in [0, 0.05) is 11.8 Å². The van der Waals surface area contributed by atoms with Crippen molar-refractivity contribution in [1.82, 2.24) is 0 Å². The molecule has 0 radical (unpaired) electrons. The highest BCUT2D eigenvalue weighted by Crippen LogP contribution is 2.73. The summed E-state index contributed by atoms with van der Waals surface area (Å²) in [4.78, 5) is 25.2. The van der Waals surface area contributed by atoms with Crippen molar-refractivity contribution in [2.75, 3.05) is 0 Å². The van der Waals surface area contributed by atoms with E-state index in [4.69, 9.17) is 0 Å². The Labute approximate surface area is 201 Å². The number of carboxylic acids is 1. The van der Waals surface area contributed by atoms with Gasteiger partial charge in [0.15, 0.2) is 0 Å². The lowest BCUT2D eigenvalue weighted by Gasteiger charge is -2.63. The molecule has 4 aliphatic carbocycles. The van der Waals surface area contributed by atoms with E-state index < -0.39 is 5.97 Å². The zero-order valence-electron chi connectivity index (χ0n) is 22.1. The van der Waals surface area contributed by atoms with Crippen LogP contribution >= 0.6 is 0 Å². The highest BCUT2D eigenvalue weighted by atomic mass is 16.4. The fourth-order valence-corrected chi connectivity index (χ4v) is 9.25. The van der Waals surface area contributed by atoms with Crippen LogP contribution in [0.1, 0.15) is 106 Å². The van der Waals surface area contributed by atoms with Crippen molar-refractivity contribution in [3.8, 4) is 0 Å². The second kappa shape index (κ2) is 8.09. The summed E-state index contributed by atoms with van der Waals surface area (Å²) >= 11 is 0. The van der Waals surface area contributed by atoms with E-state index in [-0.39, 0.29) is 33.5 Å². The average molecular weight is 455 g/mol. The van der Waals surface area contributed by atoms with E-state index >= 15 is 0 Å². The van der Waals surface area contributed by atoms with E-state index in [2.05, 4.69) is 60.6 Å². The lowest BCUT2D eigenvalue weighted by atomic mass is 9.41. The van der Waals surface area contributed by atoms with E-state index in [1.807, 2.05) is 0 Å². The molecule has 0 aromatic rings. The zero-order valence-corrected chi connectivity index (χ0v) is 22.1. The third-order valence-electron chi connectivity index (χ3n) is 11.5. The number of Topliss-reactive ketones (excluding diaryl/α,β-unsaturated/α-hetero) is 1. The van der Waals surface area contributed by atoms with Crippen LogP contribution in [0.25, 0.3) is 0 Å². The quantitative estimate of drug-likeness (QED) is 0.435.